The third-order valence-electron chi connectivity index (χ3n) is 2.50. The Morgan fingerprint density at radius 1 is 1.33 bits per heavy atom. The van der Waals surface area contributed by atoms with E-state index in [-0.39, 0.29) is 23.7 Å². The molecule has 0 aliphatic rings. The normalized spacial score (nSPS) is 9.86. The maximum absolute atomic E-state index is 11.7. The fourth-order valence-corrected chi connectivity index (χ4v) is 1.49. The zero-order valence-corrected chi connectivity index (χ0v) is 12.4. The Balaban J connectivity index is 2.46. The van der Waals surface area contributed by atoms with Crippen LogP contribution in [0.4, 0.5) is 5.69 Å². The Labute approximate surface area is 127 Å². The number of carbonyl (C=O) groups is 3. The maximum atomic E-state index is 11.7. The number of nitrogens with one attached hydrogen (secondary N) is 1. The van der Waals surface area contributed by atoms with E-state index in [9.17, 15) is 14.4 Å². The molecule has 0 fully saturated rings. The van der Waals surface area contributed by atoms with Crippen molar-refractivity contribution < 1.29 is 19.1 Å². The van der Waals surface area contributed by atoms with E-state index in [0.717, 1.165) is 0 Å². The Morgan fingerprint density at radius 2 is 2.00 bits per heavy atom. The number of nitrogens with zero attached hydrogens (tertiary/aromatic N) is 1. The molecule has 0 saturated carbocycles. The van der Waals surface area contributed by atoms with Crippen LogP contribution in [0.2, 0.25) is 5.02 Å². The van der Waals surface area contributed by atoms with Gasteiger partial charge in [-0.2, -0.15) is 0 Å². The molecule has 0 heterocycles. The number of esters is 1. The summed E-state index contributed by atoms with van der Waals surface area (Å²) in [6, 6.07) is 4.31. The Bertz CT molecular complexity index is 560. The highest BCUT2D eigenvalue weighted by Crippen LogP contribution is 2.18. The van der Waals surface area contributed by atoms with Crippen molar-refractivity contribution in [3.05, 3.63) is 28.8 Å². The molecular weight excluding hydrogens is 298 g/mol. The highest BCUT2D eigenvalue weighted by molar-refractivity contribution is 6.31. The Kier molecular flexibility index (Phi) is 5.98. The van der Waals surface area contributed by atoms with Crippen LogP contribution in [0.25, 0.3) is 0 Å². The SMILES string of the molecule is CN(C)C(=O)CNC(=O)COC(=O)c1ccc(Cl)cc1N. The van der Waals surface area contributed by atoms with Gasteiger partial charge in [-0.05, 0) is 18.2 Å². The van der Waals surface area contributed by atoms with Crippen molar-refractivity contribution in [3.8, 4) is 0 Å². The second-order valence-corrected chi connectivity index (χ2v) is 4.81. The summed E-state index contributed by atoms with van der Waals surface area (Å²) >= 11 is 5.71. The molecule has 0 bridgehead atoms. The van der Waals surface area contributed by atoms with E-state index in [1.807, 2.05) is 0 Å². The molecule has 21 heavy (non-hydrogen) atoms. The number of nitrogens with two attached hydrogens (primary N) is 1. The topological polar surface area (TPSA) is 102 Å². The molecular formula is C13H16ClN3O4. The molecule has 0 aromatic heterocycles. The van der Waals surface area contributed by atoms with Crippen molar-refractivity contribution in [2.75, 3.05) is 33.0 Å². The van der Waals surface area contributed by atoms with Gasteiger partial charge in [-0.15, -0.1) is 0 Å². The van der Waals surface area contributed by atoms with Crippen molar-refractivity contribution in [1.82, 2.24) is 10.2 Å². The molecule has 8 heteroatoms. The van der Waals surface area contributed by atoms with Gasteiger partial charge in [-0.3, -0.25) is 9.59 Å². The molecule has 0 spiro atoms. The van der Waals surface area contributed by atoms with Crippen molar-refractivity contribution in [2.24, 2.45) is 0 Å². The van der Waals surface area contributed by atoms with Crippen LogP contribution in [-0.2, 0) is 14.3 Å². The van der Waals surface area contributed by atoms with E-state index in [0.29, 0.717) is 5.02 Å². The second kappa shape index (κ2) is 7.49. The van der Waals surface area contributed by atoms with Crippen LogP contribution in [0.1, 0.15) is 10.4 Å². The average molecular weight is 314 g/mol. The second-order valence-electron chi connectivity index (χ2n) is 4.37. The van der Waals surface area contributed by atoms with Crippen molar-refractivity contribution >= 4 is 35.1 Å². The van der Waals surface area contributed by atoms with Crippen LogP contribution in [0.3, 0.4) is 0 Å². The van der Waals surface area contributed by atoms with Crippen LogP contribution >= 0.6 is 11.6 Å². The van der Waals surface area contributed by atoms with Gasteiger partial charge in [-0.25, -0.2) is 4.79 Å². The van der Waals surface area contributed by atoms with E-state index < -0.39 is 18.5 Å². The highest BCUT2D eigenvalue weighted by Gasteiger charge is 2.14. The zero-order valence-electron chi connectivity index (χ0n) is 11.7. The number of benzene rings is 1. The predicted molar refractivity (Wildman–Crippen MR) is 77.9 cm³/mol. The number of hydrogen-bond donors (Lipinski definition) is 2. The summed E-state index contributed by atoms with van der Waals surface area (Å²) in [5, 5.41) is 2.73. The van der Waals surface area contributed by atoms with E-state index >= 15 is 0 Å². The molecule has 2 amide bonds. The number of likely N-dealkylation sites (N-methyl/N-ethyl adjacent to an activating group) is 1. The number of nitrogen functional groups attached to an aromatic ring is 1. The number of amides is 2. The van der Waals surface area contributed by atoms with Crippen LogP contribution in [0.5, 0.6) is 0 Å². The van der Waals surface area contributed by atoms with Gasteiger partial charge in [0.25, 0.3) is 5.91 Å². The molecule has 0 aliphatic heterocycles. The summed E-state index contributed by atoms with van der Waals surface area (Å²) < 4.78 is 4.80. The lowest BCUT2D eigenvalue weighted by molar-refractivity contribution is -0.131. The van der Waals surface area contributed by atoms with Crippen LogP contribution in [0, 0.1) is 0 Å². The number of ether oxygens (including phenoxy) is 1. The molecule has 0 aliphatic carbocycles. The lowest BCUT2D eigenvalue weighted by Crippen LogP contribution is -2.38. The zero-order chi connectivity index (χ0) is 16.0. The molecule has 0 radical (unpaired) electrons. The summed E-state index contributed by atoms with van der Waals surface area (Å²) in [7, 11) is 3.13. The first-order valence-electron chi connectivity index (χ1n) is 6.00. The highest BCUT2D eigenvalue weighted by atomic mass is 35.5. The summed E-state index contributed by atoms with van der Waals surface area (Å²) in [6.07, 6.45) is 0. The van der Waals surface area contributed by atoms with Crippen LogP contribution in [-0.4, -0.2) is 49.9 Å². The van der Waals surface area contributed by atoms with Crippen molar-refractivity contribution in [1.29, 1.82) is 0 Å². The van der Waals surface area contributed by atoms with Gasteiger partial charge in [0.15, 0.2) is 6.61 Å². The third kappa shape index (κ3) is 5.31. The van der Waals surface area contributed by atoms with Crippen molar-refractivity contribution in [3.63, 3.8) is 0 Å². The van der Waals surface area contributed by atoms with E-state index in [1.165, 1.54) is 23.1 Å². The Morgan fingerprint density at radius 3 is 2.57 bits per heavy atom. The van der Waals surface area contributed by atoms with Gasteiger partial charge >= 0.3 is 5.97 Å². The fourth-order valence-electron chi connectivity index (χ4n) is 1.31. The minimum Gasteiger partial charge on any atom is -0.452 e. The van der Waals surface area contributed by atoms with E-state index in [1.54, 1.807) is 14.1 Å². The number of rotatable bonds is 5. The molecule has 1 rings (SSSR count). The lowest BCUT2D eigenvalue weighted by atomic mass is 10.2. The first kappa shape index (κ1) is 16.8. The molecule has 0 atom stereocenters. The maximum Gasteiger partial charge on any atom is 0.340 e. The lowest BCUT2D eigenvalue weighted by Gasteiger charge is -2.11. The van der Waals surface area contributed by atoms with E-state index in [4.69, 9.17) is 22.1 Å². The molecule has 1 aromatic rings. The number of anilines is 1. The van der Waals surface area contributed by atoms with Crippen LogP contribution < -0.4 is 11.1 Å². The molecule has 114 valence electrons. The minimum atomic E-state index is -0.738. The van der Waals surface area contributed by atoms with Crippen LogP contribution in [0.15, 0.2) is 18.2 Å². The Hall–Kier alpha value is -2.28. The molecule has 0 unspecified atom stereocenters. The quantitative estimate of drug-likeness (QED) is 0.600. The molecule has 0 saturated heterocycles. The molecule has 3 N–H and O–H groups in total. The smallest absolute Gasteiger partial charge is 0.340 e. The van der Waals surface area contributed by atoms with Crippen molar-refractivity contribution in [2.45, 2.75) is 0 Å². The predicted octanol–water partition coefficient (Wildman–Crippen LogP) is 0.283. The summed E-state index contributed by atoms with van der Waals surface area (Å²) in [5.41, 5.74) is 5.91. The molecule has 1 aromatic carbocycles. The monoisotopic (exact) mass is 313 g/mol. The van der Waals surface area contributed by atoms with Gasteiger partial charge in [0.2, 0.25) is 5.91 Å². The van der Waals surface area contributed by atoms with Gasteiger partial charge in [0, 0.05) is 24.8 Å². The van der Waals surface area contributed by atoms with E-state index in [2.05, 4.69) is 5.32 Å². The first-order valence-corrected chi connectivity index (χ1v) is 6.38. The fraction of sp³-hybridized carbons (Fsp3) is 0.308. The summed E-state index contributed by atoms with van der Waals surface area (Å²) in [5.74, 6) is -1.58. The number of hydrogen-bond acceptors (Lipinski definition) is 5. The minimum absolute atomic E-state index is 0.122. The van der Waals surface area contributed by atoms with Gasteiger partial charge < -0.3 is 20.7 Å². The standard InChI is InChI=1S/C13H16ClN3O4/c1-17(2)12(19)6-16-11(18)7-21-13(20)9-4-3-8(14)5-10(9)15/h3-5H,6-7,15H2,1-2H3,(H,16,18). The summed E-state index contributed by atoms with van der Waals surface area (Å²) in [6.45, 7) is -0.659. The van der Waals surface area contributed by atoms with Gasteiger partial charge in [0.05, 0.1) is 12.1 Å². The van der Waals surface area contributed by atoms with Gasteiger partial charge in [0.1, 0.15) is 0 Å². The average Bonchev–Trinajstić information content (AvgIpc) is 2.41. The first-order chi connectivity index (χ1) is 9.81. The third-order valence-corrected chi connectivity index (χ3v) is 2.74. The summed E-state index contributed by atoms with van der Waals surface area (Å²) in [4.78, 5) is 35.8. The largest absolute Gasteiger partial charge is 0.452 e. The number of carbonyl (C=O) groups excluding carboxylic acids is 3. The van der Waals surface area contributed by atoms with Gasteiger partial charge in [-0.1, -0.05) is 11.6 Å². The number of halogens is 1. The molecule has 7 nitrogen and oxygen atoms in total.